The predicted molar refractivity (Wildman–Crippen MR) is 101 cm³/mol. The summed E-state index contributed by atoms with van der Waals surface area (Å²) in [4.78, 5) is 14.6. The van der Waals surface area contributed by atoms with Crippen molar-refractivity contribution < 1.29 is 13.2 Å². The number of hydrogen-bond donors (Lipinski definition) is 0. The highest BCUT2D eigenvalue weighted by Crippen LogP contribution is 2.31. The van der Waals surface area contributed by atoms with Crippen LogP contribution in [0.15, 0.2) is 29.3 Å². The lowest BCUT2D eigenvalue weighted by Crippen LogP contribution is -2.50. The number of carbonyl (C=O) groups is 1. The Kier molecular flexibility index (Phi) is 4.24. The lowest BCUT2D eigenvalue weighted by atomic mass is 10.1. The van der Waals surface area contributed by atoms with Crippen molar-refractivity contribution in [1.29, 1.82) is 0 Å². The summed E-state index contributed by atoms with van der Waals surface area (Å²) in [5.74, 6) is -0.0920. The van der Waals surface area contributed by atoms with Crippen molar-refractivity contribution in [3.63, 3.8) is 0 Å². The Morgan fingerprint density at radius 3 is 2.57 bits per heavy atom. The number of likely N-dealkylation sites (tertiary alicyclic amines) is 1. The van der Waals surface area contributed by atoms with Crippen LogP contribution >= 0.6 is 0 Å². The fourth-order valence-electron chi connectivity index (χ4n) is 4.27. The molecule has 0 bridgehead atoms. The van der Waals surface area contributed by atoms with Crippen LogP contribution in [-0.4, -0.2) is 64.7 Å². The van der Waals surface area contributed by atoms with E-state index in [4.69, 9.17) is 0 Å². The second-order valence-corrected chi connectivity index (χ2v) is 9.78. The molecule has 3 heterocycles. The average molecular weight is 401 g/mol. The highest BCUT2D eigenvalue weighted by molar-refractivity contribution is 7.89. The van der Waals surface area contributed by atoms with Crippen molar-refractivity contribution in [2.24, 2.45) is 0 Å². The molecule has 0 spiro atoms. The van der Waals surface area contributed by atoms with Crippen LogP contribution in [0.4, 0.5) is 0 Å². The molecule has 1 aromatic heterocycles. The zero-order valence-corrected chi connectivity index (χ0v) is 16.4. The van der Waals surface area contributed by atoms with Gasteiger partial charge in [0, 0.05) is 26.2 Å². The molecule has 8 nitrogen and oxygen atoms in total. The third-order valence-electron chi connectivity index (χ3n) is 6.03. The molecule has 0 N–H and O–H groups in total. The highest BCUT2D eigenvalue weighted by Gasteiger charge is 2.39. The smallest absolute Gasteiger partial charge is 0.276 e. The number of sulfonamides is 1. The molecular weight excluding hydrogens is 378 g/mol. The van der Waals surface area contributed by atoms with Crippen molar-refractivity contribution in [3.8, 4) is 0 Å². The molecule has 1 aliphatic carbocycles. The van der Waals surface area contributed by atoms with Crippen molar-refractivity contribution in [2.75, 3.05) is 26.2 Å². The lowest BCUT2D eigenvalue weighted by Gasteiger charge is -2.37. The summed E-state index contributed by atoms with van der Waals surface area (Å²) >= 11 is 0. The van der Waals surface area contributed by atoms with Gasteiger partial charge in [0.1, 0.15) is 0 Å². The van der Waals surface area contributed by atoms with Crippen LogP contribution in [0.5, 0.6) is 0 Å². The Morgan fingerprint density at radius 1 is 1.04 bits per heavy atom. The Labute approximate surface area is 164 Å². The predicted octanol–water partition coefficient (Wildman–Crippen LogP) is 1.25. The average Bonchev–Trinajstić information content (AvgIpc) is 3.39. The molecule has 28 heavy (non-hydrogen) atoms. The summed E-state index contributed by atoms with van der Waals surface area (Å²) < 4.78 is 28.9. The van der Waals surface area contributed by atoms with Crippen LogP contribution < -0.4 is 0 Å². The monoisotopic (exact) mass is 401 g/mol. The quantitative estimate of drug-likeness (QED) is 0.769. The van der Waals surface area contributed by atoms with Crippen molar-refractivity contribution in [1.82, 2.24) is 24.2 Å². The SMILES string of the molecule is O=C(c1cn(C2CN(S(=O)(=O)c3ccc4c(c3)CCC4)C2)nn1)N1CCCC1. The summed E-state index contributed by atoms with van der Waals surface area (Å²) in [6.45, 7) is 2.23. The van der Waals surface area contributed by atoms with Gasteiger partial charge >= 0.3 is 0 Å². The molecule has 5 rings (SSSR count). The molecule has 2 fully saturated rings. The molecule has 0 saturated carbocycles. The second-order valence-electron chi connectivity index (χ2n) is 7.84. The van der Waals surface area contributed by atoms with E-state index in [0.29, 0.717) is 23.7 Å². The molecule has 0 unspecified atom stereocenters. The van der Waals surface area contributed by atoms with Crippen molar-refractivity contribution >= 4 is 15.9 Å². The van der Waals surface area contributed by atoms with Gasteiger partial charge in [-0.2, -0.15) is 4.31 Å². The topological polar surface area (TPSA) is 88.4 Å². The number of nitrogens with zero attached hydrogens (tertiary/aromatic N) is 5. The van der Waals surface area contributed by atoms with Crippen LogP contribution in [0.3, 0.4) is 0 Å². The fourth-order valence-corrected chi connectivity index (χ4v) is 5.84. The van der Waals surface area contributed by atoms with E-state index in [1.807, 2.05) is 12.1 Å². The summed E-state index contributed by atoms with van der Waals surface area (Å²) in [5, 5.41) is 8.07. The molecule has 1 amide bonds. The third-order valence-corrected chi connectivity index (χ3v) is 7.86. The summed E-state index contributed by atoms with van der Waals surface area (Å²) in [7, 11) is -3.49. The molecular formula is C19H23N5O3S. The van der Waals surface area contributed by atoms with Gasteiger partial charge in [-0.1, -0.05) is 11.3 Å². The van der Waals surface area contributed by atoms with E-state index in [0.717, 1.165) is 50.8 Å². The first-order chi connectivity index (χ1) is 13.5. The lowest BCUT2D eigenvalue weighted by molar-refractivity contribution is 0.0786. The van der Waals surface area contributed by atoms with Gasteiger partial charge in [-0.25, -0.2) is 13.1 Å². The number of fused-ring (bicyclic) bond motifs is 1. The van der Waals surface area contributed by atoms with Crippen molar-refractivity contribution in [3.05, 3.63) is 41.2 Å². The number of aromatic nitrogens is 3. The maximum Gasteiger partial charge on any atom is 0.276 e. The van der Waals surface area contributed by atoms with Gasteiger partial charge in [-0.3, -0.25) is 4.79 Å². The van der Waals surface area contributed by atoms with Crippen LogP contribution in [0.25, 0.3) is 0 Å². The molecule has 0 radical (unpaired) electrons. The normalized spacial score (nSPS) is 20.4. The van der Waals surface area contributed by atoms with Gasteiger partial charge in [0.2, 0.25) is 10.0 Å². The zero-order valence-electron chi connectivity index (χ0n) is 15.6. The van der Waals surface area contributed by atoms with Crippen molar-refractivity contribution in [2.45, 2.75) is 43.0 Å². The van der Waals surface area contributed by atoms with Gasteiger partial charge in [-0.05, 0) is 55.4 Å². The molecule has 9 heteroatoms. The molecule has 148 valence electrons. The first kappa shape index (κ1) is 17.8. The van der Waals surface area contributed by atoms with Gasteiger partial charge in [0.25, 0.3) is 5.91 Å². The van der Waals surface area contributed by atoms with Gasteiger partial charge < -0.3 is 4.90 Å². The number of carbonyl (C=O) groups excluding carboxylic acids is 1. The number of amides is 1. The Bertz CT molecular complexity index is 1020. The zero-order chi connectivity index (χ0) is 19.3. The minimum Gasteiger partial charge on any atom is -0.337 e. The molecule has 2 aromatic rings. The van der Waals surface area contributed by atoms with E-state index in [2.05, 4.69) is 10.3 Å². The van der Waals surface area contributed by atoms with E-state index in [1.165, 1.54) is 9.87 Å². The first-order valence-corrected chi connectivity index (χ1v) is 11.3. The minimum absolute atomic E-state index is 0.0863. The Balaban J connectivity index is 1.26. The van der Waals surface area contributed by atoms with Crippen LogP contribution in [0, 0.1) is 0 Å². The number of hydrogen-bond acceptors (Lipinski definition) is 5. The Morgan fingerprint density at radius 2 is 1.79 bits per heavy atom. The Hall–Kier alpha value is -2.26. The molecule has 3 aliphatic rings. The summed E-state index contributed by atoms with van der Waals surface area (Å²) in [6, 6.07) is 5.40. The van der Waals surface area contributed by atoms with Gasteiger partial charge in [0.15, 0.2) is 5.69 Å². The number of aryl methyl sites for hydroxylation is 2. The fraction of sp³-hybridized carbons (Fsp3) is 0.526. The third kappa shape index (κ3) is 2.93. The number of rotatable bonds is 4. The molecule has 2 aliphatic heterocycles. The van der Waals surface area contributed by atoms with Gasteiger partial charge in [0.05, 0.1) is 17.1 Å². The first-order valence-electron chi connectivity index (χ1n) is 9.85. The van der Waals surface area contributed by atoms with Crippen LogP contribution in [0.2, 0.25) is 0 Å². The van der Waals surface area contributed by atoms with E-state index < -0.39 is 10.0 Å². The molecule has 1 aromatic carbocycles. The van der Waals surface area contributed by atoms with Crippen LogP contribution in [-0.2, 0) is 22.9 Å². The standard InChI is InChI=1S/C19H23N5O3S/c25-19(22-8-1-2-9-22)18-13-24(21-20-18)16-11-23(12-16)28(26,27)17-7-6-14-4-3-5-15(14)10-17/h6-7,10,13,16H,1-5,8-9,11-12H2. The van der Waals surface area contributed by atoms with E-state index >= 15 is 0 Å². The molecule has 0 atom stereocenters. The van der Waals surface area contributed by atoms with E-state index in [9.17, 15) is 13.2 Å². The summed E-state index contributed by atoms with van der Waals surface area (Å²) in [5.41, 5.74) is 2.75. The summed E-state index contributed by atoms with van der Waals surface area (Å²) in [6.07, 6.45) is 6.77. The minimum atomic E-state index is -3.49. The van der Waals surface area contributed by atoms with Gasteiger partial charge in [-0.15, -0.1) is 5.10 Å². The van der Waals surface area contributed by atoms with E-state index in [1.54, 1.807) is 21.8 Å². The second kappa shape index (κ2) is 6.66. The van der Waals surface area contributed by atoms with Crippen LogP contribution in [0.1, 0.15) is 46.9 Å². The largest absolute Gasteiger partial charge is 0.337 e. The molecule has 2 saturated heterocycles. The van der Waals surface area contributed by atoms with E-state index in [-0.39, 0.29) is 11.9 Å². The maximum absolute atomic E-state index is 12.9. The highest BCUT2D eigenvalue weighted by atomic mass is 32.2. The number of benzene rings is 1. The maximum atomic E-state index is 12.9.